The number of carboxylic acids is 1. The van der Waals surface area contributed by atoms with Crippen molar-refractivity contribution in [2.45, 2.75) is 26.8 Å². The number of hydrogen-bond acceptors (Lipinski definition) is 2. The number of H-pyrrole nitrogens is 1. The SMILES string of the molecule is Cc1c[nH]cc1C(=O)N(CC(=O)O)C(C)C. The molecule has 5 heteroatoms. The molecule has 0 aliphatic heterocycles. The smallest absolute Gasteiger partial charge is 0.323 e. The Morgan fingerprint density at radius 3 is 2.44 bits per heavy atom. The third-order valence-corrected chi connectivity index (χ3v) is 2.37. The van der Waals surface area contributed by atoms with Crippen LogP contribution in [0.4, 0.5) is 0 Å². The second-order valence-electron chi connectivity index (χ2n) is 3.97. The van der Waals surface area contributed by atoms with Crippen LogP contribution in [0.15, 0.2) is 12.4 Å². The lowest BCUT2D eigenvalue weighted by atomic mass is 10.1. The predicted molar refractivity (Wildman–Crippen MR) is 59.3 cm³/mol. The highest BCUT2D eigenvalue weighted by Crippen LogP contribution is 2.12. The van der Waals surface area contributed by atoms with Crippen molar-refractivity contribution in [3.05, 3.63) is 23.5 Å². The van der Waals surface area contributed by atoms with E-state index in [0.29, 0.717) is 5.56 Å². The summed E-state index contributed by atoms with van der Waals surface area (Å²) in [6.45, 7) is 5.12. The Morgan fingerprint density at radius 1 is 1.44 bits per heavy atom. The number of aryl methyl sites for hydroxylation is 1. The van der Waals surface area contributed by atoms with E-state index in [1.165, 1.54) is 4.90 Å². The summed E-state index contributed by atoms with van der Waals surface area (Å²) in [6.07, 6.45) is 3.31. The Bertz CT molecular complexity index is 396. The van der Waals surface area contributed by atoms with Gasteiger partial charge in [-0.05, 0) is 26.3 Å². The highest BCUT2D eigenvalue weighted by Gasteiger charge is 2.22. The minimum Gasteiger partial charge on any atom is -0.480 e. The lowest BCUT2D eigenvalue weighted by molar-refractivity contribution is -0.138. The molecule has 0 unspecified atom stereocenters. The molecule has 1 rings (SSSR count). The Balaban J connectivity index is 2.92. The summed E-state index contributed by atoms with van der Waals surface area (Å²) in [6, 6.07) is -0.141. The van der Waals surface area contributed by atoms with E-state index >= 15 is 0 Å². The van der Waals surface area contributed by atoms with Gasteiger partial charge in [-0.3, -0.25) is 9.59 Å². The maximum absolute atomic E-state index is 12.0. The number of amides is 1. The van der Waals surface area contributed by atoms with Gasteiger partial charge in [-0.15, -0.1) is 0 Å². The van der Waals surface area contributed by atoms with Crippen molar-refractivity contribution in [3.8, 4) is 0 Å². The van der Waals surface area contributed by atoms with Crippen LogP contribution in [0.25, 0.3) is 0 Å². The number of rotatable bonds is 4. The van der Waals surface area contributed by atoms with Crippen molar-refractivity contribution in [1.82, 2.24) is 9.88 Å². The number of aromatic nitrogens is 1. The standard InChI is InChI=1S/C11H16N2O3/c1-7(2)13(6-10(14)15)11(16)9-5-12-4-8(9)3/h4-5,7,12H,6H2,1-3H3,(H,14,15). The van der Waals surface area contributed by atoms with Gasteiger partial charge in [0.15, 0.2) is 0 Å². The highest BCUT2D eigenvalue weighted by molar-refractivity contribution is 5.97. The van der Waals surface area contributed by atoms with Crippen molar-refractivity contribution in [2.24, 2.45) is 0 Å². The second kappa shape index (κ2) is 4.83. The second-order valence-corrected chi connectivity index (χ2v) is 3.97. The third-order valence-electron chi connectivity index (χ3n) is 2.37. The van der Waals surface area contributed by atoms with Gasteiger partial charge in [0, 0.05) is 18.4 Å². The number of carbonyl (C=O) groups excluding carboxylic acids is 1. The molecule has 0 aromatic carbocycles. The molecule has 1 aromatic rings. The first kappa shape index (κ1) is 12.3. The first-order valence-electron chi connectivity index (χ1n) is 5.09. The number of nitrogens with zero attached hydrogens (tertiary/aromatic N) is 1. The van der Waals surface area contributed by atoms with Gasteiger partial charge in [-0.2, -0.15) is 0 Å². The van der Waals surface area contributed by atoms with Crippen molar-refractivity contribution < 1.29 is 14.7 Å². The predicted octanol–water partition coefficient (Wildman–Crippen LogP) is 1.26. The number of carbonyl (C=O) groups is 2. The van der Waals surface area contributed by atoms with E-state index < -0.39 is 5.97 Å². The molecule has 0 aliphatic carbocycles. The van der Waals surface area contributed by atoms with E-state index in [-0.39, 0.29) is 18.5 Å². The third kappa shape index (κ3) is 2.62. The molecule has 1 heterocycles. The van der Waals surface area contributed by atoms with Crippen LogP contribution in [0.2, 0.25) is 0 Å². The Labute approximate surface area is 94.1 Å². The lowest BCUT2D eigenvalue weighted by Crippen LogP contribution is -2.40. The molecule has 2 N–H and O–H groups in total. The number of aliphatic carboxylic acids is 1. The van der Waals surface area contributed by atoms with Gasteiger partial charge in [0.05, 0.1) is 5.56 Å². The van der Waals surface area contributed by atoms with E-state index in [1.54, 1.807) is 26.2 Å². The monoisotopic (exact) mass is 224 g/mol. The van der Waals surface area contributed by atoms with Gasteiger partial charge in [0.25, 0.3) is 5.91 Å². The summed E-state index contributed by atoms with van der Waals surface area (Å²) in [4.78, 5) is 26.9. The van der Waals surface area contributed by atoms with Gasteiger partial charge >= 0.3 is 5.97 Å². The molecule has 0 fully saturated rings. The molecular weight excluding hydrogens is 208 g/mol. The first-order chi connectivity index (χ1) is 7.43. The summed E-state index contributed by atoms with van der Waals surface area (Å²) >= 11 is 0. The molecular formula is C11H16N2O3. The van der Waals surface area contributed by atoms with Crippen LogP contribution in [0.3, 0.4) is 0 Å². The summed E-state index contributed by atoms with van der Waals surface area (Å²) in [5.74, 6) is -1.26. The maximum Gasteiger partial charge on any atom is 0.323 e. The zero-order valence-corrected chi connectivity index (χ0v) is 9.65. The summed E-state index contributed by atoms with van der Waals surface area (Å²) < 4.78 is 0. The van der Waals surface area contributed by atoms with E-state index in [9.17, 15) is 9.59 Å². The van der Waals surface area contributed by atoms with Crippen LogP contribution >= 0.6 is 0 Å². The quantitative estimate of drug-likeness (QED) is 0.808. The van der Waals surface area contributed by atoms with Gasteiger partial charge in [-0.1, -0.05) is 0 Å². The van der Waals surface area contributed by atoms with Crippen molar-refractivity contribution >= 4 is 11.9 Å². The van der Waals surface area contributed by atoms with Crippen LogP contribution in [-0.4, -0.2) is 39.5 Å². The highest BCUT2D eigenvalue weighted by atomic mass is 16.4. The lowest BCUT2D eigenvalue weighted by Gasteiger charge is -2.24. The fourth-order valence-electron chi connectivity index (χ4n) is 1.46. The molecule has 16 heavy (non-hydrogen) atoms. The minimum absolute atomic E-state index is 0.141. The summed E-state index contributed by atoms with van der Waals surface area (Å²) in [5, 5.41) is 8.75. The Morgan fingerprint density at radius 2 is 2.06 bits per heavy atom. The van der Waals surface area contributed by atoms with Gasteiger partial charge in [0.1, 0.15) is 6.54 Å². The van der Waals surface area contributed by atoms with Gasteiger partial charge in [-0.25, -0.2) is 0 Å². The fourth-order valence-corrected chi connectivity index (χ4v) is 1.46. The molecule has 0 spiro atoms. The van der Waals surface area contributed by atoms with Crippen LogP contribution in [-0.2, 0) is 4.79 Å². The van der Waals surface area contributed by atoms with Gasteiger partial charge in [0.2, 0.25) is 0 Å². The molecule has 0 saturated carbocycles. The minimum atomic E-state index is -1.00. The zero-order chi connectivity index (χ0) is 12.3. The number of nitrogens with one attached hydrogen (secondary N) is 1. The molecule has 88 valence electrons. The van der Waals surface area contributed by atoms with Crippen LogP contribution in [0, 0.1) is 6.92 Å². The van der Waals surface area contributed by atoms with Gasteiger partial charge < -0.3 is 15.0 Å². The Kier molecular flexibility index (Phi) is 3.71. The van der Waals surface area contributed by atoms with Crippen molar-refractivity contribution in [3.63, 3.8) is 0 Å². The number of hydrogen-bond donors (Lipinski definition) is 2. The average Bonchev–Trinajstić information content (AvgIpc) is 2.59. The molecule has 5 nitrogen and oxygen atoms in total. The van der Waals surface area contributed by atoms with Crippen molar-refractivity contribution in [2.75, 3.05) is 6.54 Å². The summed E-state index contributed by atoms with van der Waals surface area (Å²) in [7, 11) is 0. The zero-order valence-electron chi connectivity index (χ0n) is 9.65. The fraction of sp³-hybridized carbons (Fsp3) is 0.455. The normalized spacial score (nSPS) is 10.5. The molecule has 1 amide bonds. The molecule has 0 saturated heterocycles. The number of aromatic amines is 1. The van der Waals surface area contributed by atoms with E-state index in [0.717, 1.165) is 5.56 Å². The Hall–Kier alpha value is -1.78. The molecule has 0 aliphatic rings. The number of carboxylic acid groups (broad SMARTS) is 1. The van der Waals surface area contributed by atoms with Crippen LogP contribution in [0.5, 0.6) is 0 Å². The largest absolute Gasteiger partial charge is 0.480 e. The topological polar surface area (TPSA) is 73.4 Å². The van der Waals surface area contributed by atoms with E-state index in [1.807, 2.05) is 6.92 Å². The molecule has 0 atom stereocenters. The summed E-state index contributed by atoms with van der Waals surface area (Å²) in [5.41, 5.74) is 1.34. The van der Waals surface area contributed by atoms with Crippen LogP contribution < -0.4 is 0 Å². The molecule has 1 aromatic heterocycles. The van der Waals surface area contributed by atoms with E-state index in [4.69, 9.17) is 5.11 Å². The first-order valence-corrected chi connectivity index (χ1v) is 5.09. The van der Waals surface area contributed by atoms with Crippen molar-refractivity contribution in [1.29, 1.82) is 0 Å². The molecule has 0 radical (unpaired) electrons. The molecule has 0 bridgehead atoms. The van der Waals surface area contributed by atoms with Crippen LogP contribution in [0.1, 0.15) is 29.8 Å². The average molecular weight is 224 g/mol. The maximum atomic E-state index is 12.0. The van der Waals surface area contributed by atoms with E-state index in [2.05, 4.69) is 4.98 Å².